The van der Waals surface area contributed by atoms with Gasteiger partial charge in [-0.25, -0.2) is 0 Å². The van der Waals surface area contributed by atoms with Gasteiger partial charge in [0.05, 0.1) is 18.6 Å². The number of thiophene rings is 1. The smallest absolute Gasteiger partial charge is 0.0954 e. The summed E-state index contributed by atoms with van der Waals surface area (Å²) in [6.07, 6.45) is 3.53. The molecule has 0 saturated heterocycles. The second kappa shape index (κ2) is 4.64. The van der Waals surface area contributed by atoms with E-state index < -0.39 is 0 Å². The van der Waals surface area contributed by atoms with Crippen LogP contribution in [0.5, 0.6) is 0 Å². The normalized spacial score (nSPS) is 12.9. The first kappa shape index (κ1) is 10.5. The summed E-state index contributed by atoms with van der Waals surface area (Å²) in [5.74, 6) is 0. The SMILES string of the molecule is CCNC(c1ccoc1)c1ccc(C)s1. The Bertz CT molecular complexity index is 405. The molecular formula is C12H15NOS. The number of hydrogen-bond donors (Lipinski definition) is 1. The van der Waals surface area contributed by atoms with Gasteiger partial charge in [0.15, 0.2) is 0 Å². The van der Waals surface area contributed by atoms with Crippen LogP contribution in [0.3, 0.4) is 0 Å². The van der Waals surface area contributed by atoms with Crippen molar-refractivity contribution in [2.75, 3.05) is 6.54 Å². The minimum Gasteiger partial charge on any atom is -0.472 e. The van der Waals surface area contributed by atoms with E-state index in [0.717, 1.165) is 6.54 Å². The highest BCUT2D eigenvalue weighted by molar-refractivity contribution is 7.12. The molecule has 2 heterocycles. The van der Waals surface area contributed by atoms with Gasteiger partial charge in [-0.05, 0) is 31.7 Å². The van der Waals surface area contributed by atoms with Crippen molar-refractivity contribution in [3.05, 3.63) is 46.0 Å². The van der Waals surface area contributed by atoms with E-state index in [1.54, 1.807) is 6.26 Å². The molecule has 1 N–H and O–H groups in total. The Kier molecular flexibility index (Phi) is 3.23. The molecule has 2 aromatic heterocycles. The fourth-order valence-electron chi connectivity index (χ4n) is 1.63. The van der Waals surface area contributed by atoms with Gasteiger partial charge in [-0.15, -0.1) is 11.3 Å². The predicted octanol–water partition coefficient (Wildman–Crippen LogP) is 3.35. The van der Waals surface area contributed by atoms with Crippen molar-refractivity contribution >= 4 is 11.3 Å². The van der Waals surface area contributed by atoms with Crippen LogP contribution in [0.25, 0.3) is 0 Å². The monoisotopic (exact) mass is 221 g/mol. The maximum absolute atomic E-state index is 5.13. The predicted molar refractivity (Wildman–Crippen MR) is 63.3 cm³/mol. The van der Waals surface area contributed by atoms with Crippen LogP contribution in [-0.2, 0) is 0 Å². The molecule has 0 aromatic carbocycles. The highest BCUT2D eigenvalue weighted by Crippen LogP contribution is 2.28. The van der Waals surface area contributed by atoms with E-state index in [-0.39, 0.29) is 6.04 Å². The van der Waals surface area contributed by atoms with Gasteiger partial charge in [-0.3, -0.25) is 0 Å². The van der Waals surface area contributed by atoms with Gasteiger partial charge in [0.2, 0.25) is 0 Å². The molecule has 2 rings (SSSR count). The lowest BCUT2D eigenvalue weighted by Gasteiger charge is -2.14. The molecule has 0 bridgehead atoms. The Morgan fingerprint density at radius 1 is 1.40 bits per heavy atom. The molecule has 3 heteroatoms. The molecule has 80 valence electrons. The molecule has 2 aromatic rings. The summed E-state index contributed by atoms with van der Waals surface area (Å²) >= 11 is 1.83. The zero-order valence-electron chi connectivity index (χ0n) is 8.99. The van der Waals surface area contributed by atoms with Crippen molar-refractivity contribution < 1.29 is 4.42 Å². The molecule has 1 unspecified atom stereocenters. The second-order valence-corrected chi connectivity index (χ2v) is 4.82. The van der Waals surface area contributed by atoms with E-state index in [1.807, 2.05) is 23.7 Å². The molecule has 0 spiro atoms. The van der Waals surface area contributed by atoms with E-state index >= 15 is 0 Å². The van der Waals surface area contributed by atoms with Crippen LogP contribution >= 0.6 is 11.3 Å². The lowest BCUT2D eigenvalue weighted by Crippen LogP contribution is -2.20. The summed E-state index contributed by atoms with van der Waals surface area (Å²) in [5, 5.41) is 3.47. The summed E-state index contributed by atoms with van der Waals surface area (Å²) in [4.78, 5) is 2.69. The fraction of sp³-hybridized carbons (Fsp3) is 0.333. The Hall–Kier alpha value is -1.06. The van der Waals surface area contributed by atoms with Crippen molar-refractivity contribution in [2.24, 2.45) is 0 Å². The van der Waals surface area contributed by atoms with Crippen LogP contribution in [0.4, 0.5) is 0 Å². The molecule has 0 saturated carbocycles. The molecule has 0 aliphatic heterocycles. The first-order chi connectivity index (χ1) is 7.31. The minimum absolute atomic E-state index is 0.271. The Balaban J connectivity index is 2.27. The Morgan fingerprint density at radius 2 is 2.27 bits per heavy atom. The van der Waals surface area contributed by atoms with E-state index in [0.29, 0.717) is 0 Å². The standard InChI is InChI=1S/C12H15NOS/c1-3-13-12(10-6-7-14-8-10)11-5-4-9(2)15-11/h4-8,12-13H,3H2,1-2H3. The topological polar surface area (TPSA) is 25.2 Å². The zero-order chi connectivity index (χ0) is 10.7. The van der Waals surface area contributed by atoms with Crippen LogP contribution in [-0.4, -0.2) is 6.54 Å². The van der Waals surface area contributed by atoms with Gasteiger partial charge in [-0.1, -0.05) is 6.92 Å². The van der Waals surface area contributed by atoms with Crippen molar-refractivity contribution in [2.45, 2.75) is 19.9 Å². The average Bonchev–Trinajstić information content (AvgIpc) is 2.85. The summed E-state index contributed by atoms with van der Waals surface area (Å²) in [6.45, 7) is 5.20. The van der Waals surface area contributed by atoms with Crippen LogP contribution in [0, 0.1) is 6.92 Å². The molecule has 0 radical (unpaired) electrons. The first-order valence-electron chi connectivity index (χ1n) is 5.13. The number of rotatable bonds is 4. The summed E-state index contributed by atoms with van der Waals surface area (Å²) in [6, 6.07) is 6.63. The molecule has 2 nitrogen and oxygen atoms in total. The average molecular weight is 221 g/mol. The highest BCUT2D eigenvalue weighted by Gasteiger charge is 2.15. The van der Waals surface area contributed by atoms with Gasteiger partial charge < -0.3 is 9.73 Å². The Morgan fingerprint density at radius 3 is 2.80 bits per heavy atom. The van der Waals surface area contributed by atoms with Crippen LogP contribution < -0.4 is 5.32 Å². The van der Waals surface area contributed by atoms with Crippen LogP contribution in [0.2, 0.25) is 0 Å². The van der Waals surface area contributed by atoms with Crippen LogP contribution in [0.15, 0.2) is 35.1 Å². The van der Waals surface area contributed by atoms with E-state index in [2.05, 4.69) is 31.3 Å². The van der Waals surface area contributed by atoms with E-state index in [9.17, 15) is 0 Å². The third-order valence-electron chi connectivity index (χ3n) is 2.33. The van der Waals surface area contributed by atoms with Gasteiger partial charge in [0.25, 0.3) is 0 Å². The number of hydrogen-bond acceptors (Lipinski definition) is 3. The molecule has 0 aliphatic rings. The van der Waals surface area contributed by atoms with Crippen molar-refractivity contribution in [3.8, 4) is 0 Å². The Labute approximate surface area is 93.9 Å². The second-order valence-electron chi connectivity index (χ2n) is 3.50. The fourth-order valence-corrected chi connectivity index (χ4v) is 2.62. The molecule has 1 atom stereocenters. The van der Waals surface area contributed by atoms with Crippen molar-refractivity contribution in [1.82, 2.24) is 5.32 Å². The first-order valence-corrected chi connectivity index (χ1v) is 5.94. The minimum atomic E-state index is 0.271. The summed E-state index contributed by atoms with van der Waals surface area (Å²) in [5.41, 5.74) is 1.19. The largest absolute Gasteiger partial charge is 0.472 e. The van der Waals surface area contributed by atoms with Crippen molar-refractivity contribution in [3.63, 3.8) is 0 Å². The quantitative estimate of drug-likeness (QED) is 0.856. The highest BCUT2D eigenvalue weighted by atomic mass is 32.1. The van der Waals surface area contributed by atoms with Crippen LogP contribution in [0.1, 0.15) is 28.3 Å². The van der Waals surface area contributed by atoms with Gasteiger partial charge in [0.1, 0.15) is 0 Å². The molecular weight excluding hydrogens is 206 g/mol. The zero-order valence-corrected chi connectivity index (χ0v) is 9.80. The molecule has 0 fully saturated rings. The molecule has 0 amide bonds. The molecule has 0 aliphatic carbocycles. The van der Waals surface area contributed by atoms with Crippen molar-refractivity contribution in [1.29, 1.82) is 0 Å². The van der Waals surface area contributed by atoms with Gasteiger partial charge in [0, 0.05) is 15.3 Å². The van der Waals surface area contributed by atoms with Gasteiger partial charge >= 0.3 is 0 Å². The van der Waals surface area contributed by atoms with E-state index in [1.165, 1.54) is 15.3 Å². The maximum Gasteiger partial charge on any atom is 0.0954 e. The summed E-state index contributed by atoms with van der Waals surface area (Å²) in [7, 11) is 0. The lowest BCUT2D eigenvalue weighted by atomic mass is 10.1. The molecule has 15 heavy (non-hydrogen) atoms. The maximum atomic E-state index is 5.13. The summed E-state index contributed by atoms with van der Waals surface area (Å²) < 4.78 is 5.13. The number of aryl methyl sites for hydroxylation is 1. The number of furan rings is 1. The van der Waals surface area contributed by atoms with Gasteiger partial charge in [-0.2, -0.15) is 0 Å². The third-order valence-corrected chi connectivity index (χ3v) is 3.40. The lowest BCUT2D eigenvalue weighted by molar-refractivity contribution is 0.554. The van der Waals surface area contributed by atoms with E-state index in [4.69, 9.17) is 4.42 Å². The number of nitrogens with one attached hydrogen (secondary N) is 1. The third kappa shape index (κ3) is 2.30.